The number of rotatable bonds is 4. The van der Waals surface area contributed by atoms with Crippen LogP contribution in [0.3, 0.4) is 0 Å². The summed E-state index contributed by atoms with van der Waals surface area (Å²) in [7, 11) is 0. The van der Waals surface area contributed by atoms with Crippen LogP contribution in [0.25, 0.3) is 0 Å². The van der Waals surface area contributed by atoms with Crippen LogP contribution in [0.5, 0.6) is 0 Å². The zero-order chi connectivity index (χ0) is 17.1. The van der Waals surface area contributed by atoms with Crippen molar-refractivity contribution in [2.45, 2.75) is 32.1 Å². The third-order valence-electron chi connectivity index (χ3n) is 5.12. The number of amides is 1. The molecule has 4 rings (SSSR count). The van der Waals surface area contributed by atoms with Crippen molar-refractivity contribution < 1.29 is 4.79 Å². The molecule has 2 aliphatic heterocycles. The molecule has 0 bridgehead atoms. The Labute approximate surface area is 152 Å². The van der Waals surface area contributed by atoms with Crippen LogP contribution in [0, 0.1) is 5.92 Å². The first kappa shape index (κ1) is 16.5. The van der Waals surface area contributed by atoms with Crippen LogP contribution in [-0.2, 0) is 11.2 Å². The Balaban J connectivity index is 1.40. The molecular weight excluding hydrogens is 332 g/mol. The Morgan fingerprint density at radius 2 is 1.92 bits per heavy atom. The molecule has 2 aromatic rings. The van der Waals surface area contributed by atoms with Crippen LogP contribution >= 0.6 is 11.5 Å². The van der Waals surface area contributed by atoms with E-state index >= 15 is 0 Å². The second-order valence-electron chi connectivity index (χ2n) is 6.97. The van der Waals surface area contributed by atoms with Crippen molar-refractivity contribution in [3.8, 4) is 0 Å². The van der Waals surface area contributed by atoms with Crippen LogP contribution in [-0.4, -0.2) is 46.3 Å². The Kier molecular flexibility index (Phi) is 4.97. The van der Waals surface area contributed by atoms with Crippen LogP contribution in [0.1, 0.15) is 37.1 Å². The highest BCUT2D eigenvalue weighted by Crippen LogP contribution is 2.27. The first-order valence-electron chi connectivity index (χ1n) is 9.20. The largest absolute Gasteiger partial charge is 0.346 e. The topological polar surface area (TPSA) is 49.3 Å². The van der Waals surface area contributed by atoms with Gasteiger partial charge in [0.1, 0.15) is 5.82 Å². The Bertz CT molecular complexity index is 711. The molecule has 0 saturated carbocycles. The summed E-state index contributed by atoms with van der Waals surface area (Å²) in [5.41, 5.74) is 1.23. The normalized spacial score (nSPS) is 20.9. The minimum absolute atomic E-state index is 0.119. The van der Waals surface area contributed by atoms with Crippen LogP contribution < -0.4 is 4.90 Å². The lowest BCUT2D eigenvalue weighted by Gasteiger charge is -2.33. The predicted molar refractivity (Wildman–Crippen MR) is 99.9 cm³/mol. The lowest BCUT2D eigenvalue weighted by Crippen LogP contribution is -2.44. The molecule has 0 spiro atoms. The molecule has 5 nitrogen and oxygen atoms in total. The van der Waals surface area contributed by atoms with Crippen molar-refractivity contribution in [1.29, 1.82) is 0 Å². The van der Waals surface area contributed by atoms with E-state index in [-0.39, 0.29) is 5.92 Å². The van der Waals surface area contributed by atoms with Crippen molar-refractivity contribution in [2.24, 2.45) is 5.92 Å². The van der Waals surface area contributed by atoms with Crippen molar-refractivity contribution in [3.05, 3.63) is 41.7 Å². The fourth-order valence-electron chi connectivity index (χ4n) is 3.77. The molecule has 1 atom stereocenters. The summed E-state index contributed by atoms with van der Waals surface area (Å²) in [5, 5.41) is 0.963. The number of benzene rings is 1. The molecule has 25 heavy (non-hydrogen) atoms. The highest BCUT2D eigenvalue weighted by atomic mass is 32.1. The third-order valence-corrected chi connectivity index (χ3v) is 5.94. The van der Waals surface area contributed by atoms with Crippen molar-refractivity contribution in [3.63, 3.8) is 0 Å². The molecule has 0 N–H and O–H groups in total. The SMILES string of the molecule is O=C([C@H]1CCCN(c2nc(Cc3ccccc3)ns2)C1)N1CCCC1. The van der Waals surface area contributed by atoms with Crippen LogP contribution in [0.4, 0.5) is 5.13 Å². The van der Waals surface area contributed by atoms with Gasteiger partial charge in [-0.05, 0) is 31.2 Å². The van der Waals surface area contributed by atoms with Gasteiger partial charge in [-0.15, -0.1) is 0 Å². The quantitative estimate of drug-likeness (QED) is 0.845. The van der Waals surface area contributed by atoms with E-state index in [0.29, 0.717) is 5.91 Å². The summed E-state index contributed by atoms with van der Waals surface area (Å²) in [5.74, 6) is 1.34. The van der Waals surface area contributed by atoms with Crippen LogP contribution in [0.2, 0.25) is 0 Å². The molecule has 2 fully saturated rings. The molecule has 2 saturated heterocycles. The van der Waals surface area contributed by atoms with Gasteiger partial charge in [0.05, 0.1) is 5.92 Å². The van der Waals surface area contributed by atoms with Gasteiger partial charge in [-0.2, -0.15) is 4.37 Å². The Morgan fingerprint density at radius 3 is 2.72 bits per heavy atom. The zero-order valence-electron chi connectivity index (χ0n) is 14.4. The summed E-state index contributed by atoms with van der Waals surface area (Å²) >= 11 is 1.46. The fraction of sp³-hybridized carbons (Fsp3) is 0.526. The second kappa shape index (κ2) is 7.52. The summed E-state index contributed by atoms with van der Waals surface area (Å²) in [6.45, 7) is 3.64. The number of carbonyl (C=O) groups excluding carboxylic acids is 1. The summed E-state index contributed by atoms with van der Waals surface area (Å²) < 4.78 is 4.53. The summed E-state index contributed by atoms with van der Waals surface area (Å²) in [4.78, 5) is 21.7. The molecular formula is C19H24N4OS. The maximum atomic E-state index is 12.7. The first-order chi connectivity index (χ1) is 12.3. The standard InChI is InChI=1S/C19H24N4OS/c24-18(22-10-4-5-11-22)16-9-6-12-23(14-16)19-20-17(21-25-19)13-15-7-2-1-3-8-15/h1-3,7-8,16H,4-6,9-14H2/t16-/m0/s1. The third kappa shape index (κ3) is 3.84. The van der Waals surface area contributed by atoms with Crippen molar-refractivity contribution >= 4 is 22.6 Å². The van der Waals surface area contributed by atoms with Gasteiger partial charge in [-0.3, -0.25) is 4.79 Å². The number of hydrogen-bond donors (Lipinski definition) is 0. The number of nitrogens with zero attached hydrogens (tertiary/aromatic N) is 4. The molecule has 0 unspecified atom stereocenters. The minimum atomic E-state index is 0.119. The van der Waals surface area contributed by atoms with E-state index in [1.165, 1.54) is 17.1 Å². The predicted octanol–water partition coefficient (Wildman–Crippen LogP) is 2.97. The molecule has 1 aromatic carbocycles. The van der Waals surface area contributed by atoms with E-state index in [1.54, 1.807) is 0 Å². The minimum Gasteiger partial charge on any atom is -0.346 e. The molecule has 1 aromatic heterocycles. The van der Waals surface area contributed by atoms with Gasteiger partial charge in [-0.25, -0.2) is 4.98 Å². The molecule has 2 aliphatic rings. The van der Waals surface area contributed by atoms with E-state index in [9.17, 15) is 4.79 Å². The van der Waals surface area contributed by atoms with Gasteiger partial charge in [0.25, 0.3) is 0 Å². The van der Waals surface area contributed by atoms with Crippen LogP contribution in [0.15, 0.2) is 30.3 Å². The number of hydrogen-bond acceptors (Lipinski definition) is 5. The zero-order valence-corrected chi connectivity index (χ0v) is 15.2. The maximum Gasteiger partial charge on any atom is 0.227 e. The number of aromatic nitrogens is 2. The van der Waals surface area contributed by atoms with Gasteiger partial charge in [-0.1, -0.05) is 30.3 Å². The lowest BCUT2D eigenvalue weighted by molar-refractivity contribution is -0.134. The molecule has 0 radical (unpaired) electrons. The molecule has 1 amide bonds. The summed E-state index contributed by atoms with van der Waals surface area (Å²) in [6, 6.07) is 10.3. The highest BCUT2D eigenvalue weighted by Gasteiger charge is 2.31. The average molecular weight is 356 g/mol. The monoisotopic (exact) mass is 356 g/mol. The summed E-state index contributed by atoms with van der Waals surface area (Å²) in [6.07, 6.45) is 5.13. The number of anilines is 1. The van der Waals surface area contributed by atoms with Crippen molar-refractivity contribution in [2.75, 3.05) is 31.1 Å². The van der Waals surface area contributed by atoms with Gasteiger partial charge < -0.3 is 9.80 Å². The van der Waals surface area contributed by atoms with Crippen molar-refractivity contribution in [1.82, 2.24) is 14.3 Å². The number of piperidine rings is 1. The molecule has 132 valence electrons. The number of likely N-dealkylation sites (tertiary alicyclic amines) is 1. The fourth-order valence-corrected chi connectivity index (χ4v) is 4.49. The van der Waals surface area contributed by atoms with Gasteiger partial charge >= 0.3 is 0 Å². The average Bonchev–Trinajstić information content (AvgIpc) is 3.34. The maximum absolute atomic E-state index is 12.7. The second-order valence-corrected chi connectivity index (χ2v) is 7.70. The Morgan fingerprint density at radius 1 is 1.12 bits per heavy atom. The smallest absolute Gasteiger partial charge is 0.227 e. The van der Waals surface area contributed by atoms with E-state index in [0.717, 1.165) is 69.2 Å². The van der Waals surface area contributed by atoms with Gasteiger partial charge in [0.2, 0.25) is 11.0 Å². The van der Waals surface area contributed by atoms with E-state index < -0.39 is 0 Å². The Hall–Kier alpha value is -1.95. The first-order valence-corrected chi connectivity index (χ1v) is 9.97. The molecule has 6 heteroatoms. The van der Waals surface area contributed by atoms with E-state index in [4.69, 9.17) is 4.98 Å². The van der Waals surface area contributed by atoms with E-state index in [2.05, 4.69) is 26.3 Å². The highest BCUT2D eigenvalue weighted by molar-refractivity contribution is 7.09. The molecule has 3 heterocycles. The van der Waals surface area contributed by atoms with E-state index in [1.807, 2.05) is 18.2 Å². The lowest BCUT2D eigenvalue weighted by atomic mass is 9.97. The number of carbonyl (C=O) groups is 1. The van der Waals surface area contributed by atoms with Gasteiger partial charge in [0.15, 0.2) is 0 Å². The molecule has 0 aliphatic carbocycles. The van der Waals surface area contributed by atoms with Gasteiger partial charge in [0, 0.05) is 44.1 Å².